The van der Waals surface area contributed by atoms with E-state index in [9.17, 15) is 14.4 Å². The predicted molar refractivity (Wildman–Crippen MR) is 133 cm³/mol. The lowest BCUT2D eigenvalue weighted by atomic mass is 10.1. The van der Waals surface area contributed by atoms with E-state index in [1.807, 2.05) is 30.3 Å². The summed E-state index contributed by atoms with van der Waals surface area (Å²) in [6, 6.07) is 12.6. The maximum Gasteiger partial charge on any atom is 0.331 e. The molecule has 2 aromatic heterocycles. The highest BCUT2D eigenvalue weighted by Crippen LogP contribution is 2.40. The van der Waals surface area contributed by atoms with Gasteiger partial charge in [0, 0.05) is 43.7 Å². The van der Waals surface area contributed by atoms with E-state index in [1.54, 1.807) is 29.9 Å². The van der Waals surface area contributed by atoms with Crippen LogP contribution in [0.25, 0.3) is 22.2 Å². The SMILES string of the molecule is COc1cc(NC(=O)Cn2c(=O)n(C)c(=O)c3c2c(-c2ccccc2)cn3C)cc(OC)c1OC. The van der Waals surface area contributed by atoms with E-state index in [0.717, 1.165) is 10.1 Å². The summed E-state index contributed by atoms with van der Waals surface area (Å²) in [5.41, 5.74) is 1.60. The number of rotatable bonds is 7. The van der Waals surface area contributed by atoms with Crippen LogP contribution in [0.2, 0.25) is 0 Å². The monoisotopic (exact) mass is 478 g/mol. The van der Waals surface area contributed by atoms with Crippen molar-refractivity contribution in [3.63, 3.8) is 0 Å². The van der Waals surface area contributed by atoms with Crippen LogP contribution in [0.5, 0.6) is 17.2 Å². The molecule has 0 unspecified atom stereocenters. The van der Waals surface area contributed by atoms with Crippen molar-refractivity contribution in [3.05, 3.63) is 69.5 Å². The zero-order valence-corrected chi connectivity index (χ0v) is 20.1. The van der Waals surface area contributed by atoms with Crippen LogP contribution in [-0.2, 0) is 25.4 Å². The number of hydrogen-bond donors (Lipinski definition) is 1. The van der Waals surface area contributed by atoms with Crippen molar-refractivity contribution in [1.29, 1.82) is 0 Å². The fourth-order valence-corrected chi connectivity index (χ4v) is 4.13. The Kier molecular flexibility index (Phi) is 6.37. The molecule has 0 atom stereocenters. The Morgan fingerprint density at radius 1 is 0.914 bits per heavy atom. The molecule has 35 heavy (non-hydrogen) atoms. The van der Waals surface area contributed by atoms with Crippen molar-refractivity contribution in [2.45, 2.75) is 6.54 Å². The lowest BCUT2D eigenvalue weighted by molar-refractivity contribution is -0.116. The predicted octanol–water partition coefficient (Wildman–Crippen LogP) is 2.37. The van der Waals surface area contributed by atoms with E-state index < -0.39 is 17.2 Å². The second kappa shape index (κ2) is 9.41. The number of carbonyl (C=O) groups is 1. The molecule has 182 valence electrons. The fraction of sp³-hybridized carbons (Fsp3) is 0.240. The molecule has 0 aliphatic carbocycles. The van der Waals surface area contributed by atoms with Crippen molar-refractivity contribution >= 4 is 22.6 Å². The molecule has 0 radical (unpaired) electrons. The Bertz CT molecular complexity index is 1510. The summed E-state index contributed by atoms with van der Waals surface area (Å²) in [6.07, 6.45) is 1.79. The van der Waals surface area contributed by atoms with Gasteiger partial charge in [-0.3, -0.25) is 18.7 Å². The van der Waals surface area contributed by atoms with Crippen molar-refractivity contribution in [3.8, 4) is 28.4 Å². The fourth-order valence-electron chi connectivity index (χ4n) is 4.13. The van der Waals surface area contributed by atoms with Crippen LogP contribution in [0.1, 0.15) is 0 Å². The molecule has 0 spiro atoms. The summed E-state index contributed by atoms with van der Waals surface area (Å²) >= 11 is 0. The van der Waals surface area contributed by atoms with E-state index in [-0.39, 0.29) is 6.54 Å². The molecule has 2 heterocycles. The number of anilines is 1. The van der Waals surface area contributed by atoms with Gasteiger partial charge >= 0.3 is 5.69 Å². The maximum atomic E-state index is 13.1. The van der Waals surface area contributed by atoms with E-state index in [4.69, 9.17) is 14.2 Å². The smallest absolute Gasteiger partial charge is 0.331 e. The molecule has 4 aromatic rings. The number of fused-ring (bicyclic) bond motifs is 1. The lowest BCUT2D eigenvalue weighted by Crippen LogP contribution is -2.40. The minimum Gasteiger partial charge on any atom is -0.493 e. The standard InChI is InChI=1S/C25H26N4O6/c1-27-13-17(15-9-7-6-8-10-15)21-22(27)24(31)28(2)25(32)29(21)14-20(30)26-16-11-18(33-3)23(35-5)19(12-16)34-4/h6-13H,14H2,1-5H3,(H,26,30). The summed E-state index contributed by atoms with van der Waals surface area (Å²) in [7, 11) is 7.57. The number of nitrogens with zero attached hydrogens (tertiary/aromatic N) is 3. The zero-order valence-electron chi connectivity index (χ0n) is 20.1. The van der Waals surface area contributed by atoms with E-state index >= 15 is 0 Å². The van der Waals surface area contributed by atoms with Crippen LogP contribution in [0.4, 0.5) is 5.69 Å². The Morgan fingerprint density at radius 2 is 1.54 bits per heavy atom. The Hall–Kier alpha value is -4.47. The molecule has 1 amide bonds. The van der Waals surface area contributed by atoms with Gasteiger partial charge in [0.25, 0.3) is 5.56 Å². The van der Waals surface area contributed by atoms with E-state index in [0.29, 0.717) is 39.5 Å². The summed E-state index contributed by atoms with van der Waals surface area (Å²) < 4.78 is 20.0. The molecular formula is C25H26N4O6. The first-order valence-electron chi connectivity index (χ1n) is 10.7. The molecule has 0 aliphatic heterocycles. The zero-order chi connectivity index (χ0) is 25.3. The quantitative estimate of drug-likeness (QED) is 0.437. The Morgan fingerprint density at radius 3 is 2.11 bits per heavy atom. The first-order valence-corrected chi connectivity index (χ1v) is 10.7. The van der Waals surface area contributed by atoms with Gasteiger partial charge < -0.3 is 24.1 Å². The molecule has 0 saturated carbocycles. The largest absolute Gasteiger partial charge is 0.493 e. The van der Waals surface area contributed by atoms with Gasteiger partial charge in [-0.15, -0.1) is 0 Å². The molecular weight excluding hydrogens is 452 g/mol. The molecule has 0 bridgehead atoms. The molecule has 0 aliphatic rings. The third-order valence-electron chi connectivity index (χ3n) is 5.78. The molecule has 10 heteroatoms. The number of ether oxygens (including phenoxy) is 3. The lowest BCUT2D eigenvalue weighted by Gasteiger charge is -2.15. The number of nitrogens with one attached hydrogen (secondary N) is 1. The van der Waals surface area contributed by atoms with Crippen LogP contribution in [-0.4, -0.2) is 40.9 Å². The van der Waals surface area contributed by atoms with Gasteiger partial charge in [-0.25, -0.2) is 4.79 Å². The number of aryl methyl sites for hydroxylation is 1. The normalized spacial score (nSPS) is 10.9. The Labute approximate surface area is 200 Å². The van der Waals surface area contributed by atoms with Crippen molar-refractivity contribution in [2.75, 3.05) is 26.6 Å². The van der Waals surface area contributed by atoms with Gasteiger partial charge in [-0.2, -0.15) is 0 Å². The molecule has 0 fully saturated rings. The van der Waals surface area contributed by atoms with Gasteiger partial charge in [-0.1, -0.05) is 30.3 Å². The van der Waals surface area contributed by atoms with Crippen LogP contribution in [0.3, 0.4) is 0 Å². The Balaban J connectivity index is 1.81. The highest BCUT2D eigenvalue weighted by molar-refractivity contribution is 5.96. The number of benzene rings is 2. The third kappa shape index (κ3) is 4.14. The topological polar surface area (TPSA) is 106 Å². The first-order chi connectivity index (χ1) is 16.8. The summed E-state index contributed by atoms with van der Waals surface area (Å²) in [6.45, 7) is -0.316. The molecule has 10 nitrogen and oxygen atoms in total. The highest BCUT2D eigenvalue weighted by atomic mass is 16.5. The van der Waals surface area contributed by atoms with Gasteiger partial charge in [0.05, 0.1) is 26.8 Å². The number of hydrogen-bond acceptors (Lipinski definition) is 6. The maximum absolute atomic E-state index is 13.1. The molecule has 2 aromatic carbocycles. The van der Waals surface area contributed by atoms with Gasteiger partial charge in [0.15, 0.2) is 11.5 Å². The molecule has 4 rings (SSSR count). The summed E-state index contributed by atoms with van der Waals surface area (Å²) in [4.78, 5) is 39.2. The number of aromatic nitrogens is 3. The van der Waals surface area contributed by atoms with Crippen LogP contribution in [0.15, 0.2) is 58.3 Å². The molecule has 1 N–H and O–H groups in total. The van der Waals surface area contributed by atoms with Gasteiger partial charge in [-0.05, 0) is 5.56 Å². The number of carbonyl (C=O) groups excluding carboxylic acids is 1. The van der Waals surface area contributed by atoms with Crippen LogP contribution < -0.4 is 30.8 Å². The highest BCUT2D eigenvalue weighted by Gasteiger charge is 2.21. The number of amides is 1. The van der Waals surface area contributed by atoms with E-state index in [1.165, 1.54) is 32.9 Å². The summed E-state index contributed by atoms with van der Waals surface area (Å²) in [5, 5.41) is 2.77. The van der Waals surface area contributed by atoms with Gasteiger partial charge in [0.1, 0.15) is 12.1 Å². The average Bonchev–Trinajstić information content (AvgIpc) is 3.22. The van der Waals surface area contributed by atoms with Crippen molar-refractivity contribution in [1.82, 2.24) is 13.7 Å². The van der Waals surface area contributed by atoms with Crippen molar-refractivity contribution < 1.29 is 19.0 Å². The van der Waals surface area contributed by atoms with Gasteiger partial charge in [0.2, 0.25) is 11.7 Å². The summed E-state index contributed by atoms with van der Waals surface area (Å²) in [5.74, 6) is 0.668. The average molecular weight is 479 g/mol. The third-order valence-corrected chi connectivity index (χ3v) is 5.78. The second-order valence-corrected chi connectivity index (χ2v) is 7.91. The molecule has 0 saturated heterocycles. The minimum absolute atomic E-state index is 0.316. The van der Waals surface area contributed by atoms with Crippen LogP contribution in [0, 0.1) is 0 Å². The second-order valence-electron chi connectivity index (χ2n) is 7.91. The van der Waals surface area contributed by atoms with E-state index in [2.05, 4.69) is 5.32 Å². The minimum atomic E-state index is -0.592. The van der Waals surface area contributed by atoms with Crippen LogP contribution >= 0.6 is 0 Å². The first kappa shape index (κ1) is 23.7. The number of methoxy groups -OCH3 is 3. The van der Waals surface area contributed by atoms with Crippen molar-refractivity contribution in [2.24, 2.45) is 14.1 Å².